The van der Waals surface area contributed by atoms with Gasteiger partial charge in [0.2, 0.25) is 0 Å². The van der Waals surface area contributed by atoms with Crippen LogP contribution in [0.15, 0.2) is 35.2 Å². The largest absolute Gasteiger partial charge is 0.327 e. The minimum Gasteiger partial charge on any atom is -0.327 e. The predicted octanol–water partition coefficient (Wildman–Crippen LogP) is 2.11. The molecule has 0 bridgehead atoms. The maximum Gasteiger partial charge on any atom is 0.170 e. The van der Waals surface area contributed by atoms with Crippen LogP contribution in [0.3, 0.4) is 0 Å². The SMILES string of the molecule is CC(N)C(Sc1ncns1)c1ccncc1. The lowest BCUT2D eigenvalue weighted by Crippen LogP contribution is -2.22. The number of nitrogens with zero attached hydrogens (tertiary/aromatic N) is 3. The Morgan fingerprint density at radius 1 is 1.38 bits per heavy atom. The third-order valence-corrected chi connectivity index (χ3v) is 4.32. The molecule has 0 aliphatic heterocycles. The van der Waals surface area contributed by atoms with Crippen molar-refractivity contribution in [2.45, 2.75) is 22.6 Å². The van der Waals surface area contributed by atoms with E-state index in [0.29, 0.717) is 0 Å². The molecule has 0 amide bonds. The van der Waals surface area contributed by atoms with Gasteiger partial charge in [0, 0.05) is 18.4 Å². The van der Waals surface area contributed by atoms with Crippen LogP contribution in [-0.2, 0) is 0 Å². The molecule has 2 atom stereocenters. The molecule has 2 aromatic rings. The lowest BCUT2D eigenvalue weighted by molar-refractivity contribution is 0.720. The van der Waals surface area contributed by atoms with Crippen LogP contribution < -0.4 is 5.73 Å². The summed E-state index contributed by atoms with van der Waals surface area (Å²) in [5.74, 6) is 0. The molecule has 0 spiro atoms. The molecule has 0 saturated carbocycles. The van der Waals surface area contributed by atoms with Crippen molar-refractivity contribution in [1.82, 2.24) is 14.3 Å². The molecular formula is C10H12N4S2. The van der Waals surface area contributed by atoms with Crippen LogP contribution >= 0.6 is 23.3 Å². The minimum atomic E-state index is 0.0521. The summed E-state index contributed by atoms with van der Waals surface area (Å²) in [6, 6.07) is 4.03. The highest BCUT2D eigenvalue weighted by Crippen LogP contribution is 2.37. The van der Waals surface area contributed by atoms with Crippen molar-refractivity contribution >= 4 is 23.3 Å². The van der Waals surface area contributed by atoms with Gasteiger partial charge in [-0.1, -0.05) is 11.8 Å². The zero-order valence-electron chi connectivity index (χ0n) is 8.78. The molecule has 2 heterocycles. The maximum atomic E-state index is 6.00. The zero-order chi connectivity index (χ0) is 11.4. The van der Waals surface area contributed by atoms with Crippen molar-refractivity contribution in [3.63, 3.8) is 0 Å². The van der Waals surface area contributed by atoms with Gasteiger partial charge >= 0.3 is 0 Å². The Kier molecular flexibility index (Phi) is 3.87. The first kappa shape index (κ1) is 11.5. The predicted molar refractivity (Wildman–Crippen MR) is 66.4 cm³/mol. The van der Waals surface area contributed by atoms with Gasteiger partial charge in [-0.25, -0.2) is 4.98 Å². The fourth-order valence-electron chi connectivity index (χ4n) is 1.36. The summed E-state index contributed by atoms with van der Waals surface area (Å²) in [5, 5.41) is 0.191. The molecule has 0 saturated heterocycles. The number of aromatic nitrogens is 3. The maximum absolute atomic E-state index is 6.00. The van der Waals surface area contributed by atoms with E-state index >= 15 is 0 Å². The van der Waals surface area contributed by atoms with Crippen LogP contribution in [0.4, 0.5) is 0 Å². The number of rotatable bonds is 4. The van der Waals surface area contributed by atoms with Crippen LogP contribution in [0, 0.1) is 0 Å². The van der Waals surface area contributed by atoms with E-state index in [-0.39, 0.29) is 11.3 Å². The van der Waals surface area contributed by atoms with Crippen molar-refractivity contribution in [2.75, 3.05) is 0 Å². The van der Waals surface area contributed by atoms with E-state index in [0.717, 1.165) is 4.34 Å². The third-order valence-electron chi connectivity index (χ3n) is 2.08. The molecule has 6 heteroatoms. The molecule has 4 nitrogen and oxygen atoms in total. The van der Waals surface area contributed by atoms with Gasteiger partial charge in [-0.3, -0.25) is 4.98 Å². The molecule has 0 aliphatic carbocycles. The summed E-state index contributed by atoms with van der Waals surface area (Å²) in [6.45, 7) is 2.00. The highest BCUT2D eigenvalue weighted by Gasteiger charge is 2.18. The molecular weight excluding hydrogens is 240 g/mol. The molecule has 0 fully saturated rings. The van der Waals surface area contributed by atoms with Crippen molar-refractivity contribution in [3.8, 4) is 0 Å². The third kappa shape index (κ3) is 2.78. The Labute approximate surface area is 102 Å². The summed E-state index contributed by atoms with van der Waals surface area (Å²) in [7, 11) is 0. The van der Waals surface area contributed by atoms with Gasteiger partial charge in [-0.05, 0) is 36.2 Å². The van der Waals surface area contributed by atoms with Crippen LogP contribution in [-0.4, -0.2) is 20.4 Å². The highest BCUT2D eigenvalue weighted by atomic mass is 32.2. The summed E-state index contributed by atoms with van der Waals surface area (Å²) in [6.07, 6.45) is 5.13. The first-order valence-electron chi connectivity index (χ1n) is 4.86. The van der Waals surface area contributed by atoms with Crippen LogP contribution in [0.1, 0.15) is 17.7 Å². The second-order valence-electron chi connectivity index (χ2n) is 3.39. The van der Waals surface area contributed by atoms with Gasteiger partial charge in [-0.15, -0.1) is 0 Å². The lowest BCUT2D eigenvalue weighted by Gasteiger charge is -2.18. The Bertz CT molecular complexity index is 416. The Morgan fingerprint density at radius 2 is 2.12 bits per heavy atom. The van der Waals surface area contributed by atoms with Gasteiger partial charge in [0.1, 0.15) is 6.33 Å². The van der Waals surface area contributed by atoms with Crippen LogP contribution in [0.25, 0.3) is 0 Å². The average Bonchev–Trinajstić information content (AvgIpc) is 2.79. The Balaban J connectivity index is 2.18. The van der Waals surface area contributed by atoms with Crippen molar-refractivity contribution in [3.05, 3.63) is 36.4 Å². The molecule has 2 unspecified atom stereocenters. The highest BCUT2D eigenvalue weighted by molar-refractivity contribution is 8.01. The monoisotopic (exact) mass is 252 g/mol. The fourth-order valence-corrected chi connectivity index (χ4v) is 3.08. The Morgan fingerprint density at radius 3 is 2.69 bits per heavy atom. The van der Waals surface area contributed by atoms with E-state index in [1.165, 1.54) is 17.1 Å². The molecule has 0 aromatic carbocycles. The van der Waals surface area contributed by atoms with Crippen LogP contribution in [0.2, 0.25) is 0 Å². The first-order chi connectivity index (χ1) is 7.77. The van der Waals surface area contributed by atoms with E-state index in [4.69, 9.17) is 5.73 Å². The van der Waals surface area contributed by atoms with E-state index in [9.17, 15) is 0 Å². The number of thioether (sulfide) groups is 1. The average molecular weight is 252 g/mol. The van der Waals surface area contributed by atoms with Crippen molar-refractivity contribution < 1.29 is 0 Å². The number of nitrogens with two attached hydrogens (primary N) is 1. The van der Waals surface area contributed by atoms with E-state index in [1.807, 2.05) is 19.1 Å². The molecule has 2 N–H and O–H groups in total. The minimum absolute atomic E-state index is 0.0521. The van der Waals surface area contributed by atoms with Gasteiger partial charge < -0.3 is 5.73 Å². The van der Waals surface area contributed by atoms with Gasteiger partial charge in [0.15, 0.2) is 4.34 Å². The molecule has 2 rings (SSSR count). The molecule has 84 valence electrons. The van der Waals surface area contributed by atoms with Gasteiger partial charge in [-0.2, -0.15) is 4.37 Å². The number of hydrogen-bond acceptors (Lipinski definition) is 6. The zero-order valence-corrected chi connectivity index (χ0v) is 10.4. The van der Waals surface area contributed by atoms with E-state index < -0.39 is 0 Å². The van der Waals surface area contributed by atoms with Crippen molar-refractivity contribution in [2.24, 2.45) is 5.73 Å². The normalized spacial score (nSPS) is 14.6. The summed E-state index contributed by atoms with van der Waals surface area (Å²) < 4.78 is 4.93. The van der Waals surface area contributed by atoms with Gasteiger partial charge in [0.05, 0.1) is 5.25 Å². The smallest absolute Gasteiger partial charge is 0.170 e. The topological polar surface area (TPSA) is 64.7 Å². The van der Waals surface area contributed by atoms with Gasteiger partial charge in [0.25, 0.3) is 0 Å². The second kappa shape index (κ2) is 5.38. The summed E-state index contributed by atoms with van der Waals surface area (Å²) in [5.41, 5.74) is 7.17. The second-order valence-corrected chi connectivity index (χ2v) is 5.55. The van der Waals surface area contributed by atoms with Crippen molar-refractivity contribution in [1.29, 1.82) is 0 Å². The molecule has 0 radical (unpaired) electrons. The van der Waals surface area contributed by atoms with E-state index in [1.54, 1.807) is 30.5 Å². The lowest BCUT2D eigenvalue weighted by atomic mass is 10.1. The summed E-state index contributed by atoms with van der Waals surface area (Å²) in [4.78, 5) is 8.17. The number of pyridine rings is 1. The quantitative estimate of drug-likeness (QED) is 0.844. The molecule has 0 aliphatic rings. The molecule has 16 heavy (non-hydrogen) atoms. The Hall–Kier alpha value is -0.980. The summed E-state index contributed by atoms with van der Waals surface area (Å²) >= 11 is 3.04. The number of hydrogen-bond donors (Lipinski definition) is 1. The standard InChI is InChI=1S/C10H12N4S2/c1-7(11)9(8-2-4-12-5-3-8)15-10-13-6-14-16-10/h2-7,9H,11H2,1H3. The van der Waals surface area contributed by atoms with Crippen LogP contribution in [0.5, 0.6) is 0 Å². The van der Waals surface area contributed by atoms with E-state index in [2.05, 4.69) is 14.3 Å². The first-order valence-corrected chi connectivity index (χ1v) is 6.51. The fraction of sp³-hybridized carbons (Fsp3) is 0.300. The molecule has 2 aromatic heterocycles.